The van der Waals surface area contributed by atoms with E-state index in [1.54, 1.807) is 7.11 Å². The number of halogens is 1. The van der Waals surface area contributed by atoms with Crippen molar-refractivity contribution in [3.05, 3.63) is 0 Å². The second-order valence-corrected chi connectivity index (χ2v) is 3.06. The van der Waals surface area contributed by atoms with Gasteiger partial charge in [-0.05, 0) is 0 Å². The summed E-state index contributed by atoms with van der Waals surface area (Å²) in [5.74, 6) is 0. The molecule has 0 heterocycles. The fraction of sp³-hybridized carbons (Fsp3) is 1.00. The lowest BCUT2D eigenvalue weighted by molar-refractivity contribution is 0.458. The Hall–Kier alpha value is 0.907. The van der Waals surface area contributed by atoms with Gasteiger partial charge in [0.25, 0.3) is 0 Å². The van der Waals surface area contributed by atoms with Crippen LogP contribution in [0, 0.1) is 0 Å². The molecule has 0 saturated heterocycles. The van der Waals surface area contributed by atoms with Crippen molar-refractivity contribution in [2.75, 3.05) is 7.11 Å². The van der Waals surface area contributed by atoms with Gasteiger partial charge in [0.15, 0.2) is 0 Å². The minimum Gasteiger partial charge on any atom is -0.416 e. The molecule has 0 aliphatic heterocycles. The molecule has 0 aromatic heterocycles. The molecule has 0 radical (unpaired) electrons. The first-order valence-electron chi connectivity index (χ1n) is 0.964. The average Bonchev–Trinajstić information content (AvgIpc) is 1.37. The van der Waals surface area contributed by atoms with Gasteiger partial charge in [-0.15, -0.1) is 0 Å². The minimum absolute atomic E-state index is 0.106. The lowest BCUT2D eigenvalue weighted by Crippen LogP contribution is -1.74. The lowest BCUT2D eigenvalue weighted by atomic mass is 11.8. The Morgan fingerprint density at radius 3 is 2.25 bits per heavy atom. The first kappa shape index (κ1) is 4.91. The maximum absolute atomic E-state index is 4.67. The van der Waals surface area contributed by atoms with Crippen molar-refractivity contribution < 1.29 is 4.43 Å². The predicted octanol–water partition coefficient (Wildman–Crippen LogP) is 0.0666. The van der Waals surface area contributed by atoms with Gasteiger partial charge in [0, 0.05) is 7.11 Å². The summed E-state index contributed by atoms with van der Waals surface area (Å²) in [5.41, 5.74) is 0. The first-order chi connectivity index (χ1) is 1.91. The molecular formula is CH5IOSi. The Labute approximate surface area is 40.9 Å². The molecule has 0 rings (SSSR count). The molecule has 0 saturated carbocycles. The fourth-order valence-electron chi connectivity index (χ4n) is 0. The van der Waals surface area contributed by atoms with E-state index in [1.165, 1.54) is 0 Å². The maximum Gasteiger partial charge on any atom is 0.227 e. The van der Waals surface area contributed by atoms with Crippen LogP contribution in [-0.4, -0.2) is 14.4 Å². The van der Waals surface area contributed by atoms with Crippen LogP contribution >= 0.6 is 21.8 Å². The summed E-state index contributed by atoms with van der Waals surface area (Å²) in [4.78, 5) is 0. The Balaban J connectivity index is 1.97. The second-order valence-electron chi connectivity index (χ2n) is 0.398. The number of hydrogen-bond acceptors (Lipinski definition) is 1. The zero-order valence-corrected chi connectivity index (χ0v) is 6.07. The smallest absolute Gasteiger partial charge is 0.227 e. The zero-order valence-electron chi connectivity index (χ0n) is 2.49. The topological polar surface area (TPSA) is 9.23 Å². The second kappa shape index (κ2) is 3.91. The highest BCUT2D eigenvalue weighted by atomic mass is 127. The highest BCUT2D eigenvalue weighted by molar-refractivity contribution is 14.1. The highest BCUT2D eigenvalue weighted by Crippen LogP contribution is 1.69. The highest BCUT2D eigenvalue weighted by Gasteiger charge is 1.57. The van der Waals surface area contributed by atoms with Crippen LogP contribution in [0.4, 0.5) is 0 Å². The molecule has 0 aromatic rings. The van der Waals surface area contributed by atoms with Crippen LogP contribution in [0.25, 0.3) is 0 Å². The van der Waals surface area contributed by atoms with Gasteiger partial charge in [0.05, 0.1) is 0 Å². The predicted molar refractivity (Wildman–Crippen MR) is 29.6 cm³/mol. The standard InChI is InChI=1S/CH5IOSi/c1-3-4-2/h4H2,1H3. The Morgan fingerprint density at radius 2 is 2.25 bits per heavy atom. The lowest BCUT2D eigenvalue weighted by Gasteiger charge is -1.73. The van der Waals surface area contributed by atoms with Gasteiger partial charge in [-0.2, -0.15) is 0 Å². The molecule has 0 atom stereocenters. The average molecular weight is 188 g/mol. The van der Waals surface area contributed by atoms with Crippen molar-refractivity contribution in [3.63, 3.8) is 0 Å². The number of rotatable bonds is 1. The van der Waals surface area contributed by atoms with Gasteiger partial charge >= 0.3 is 0 Å². The van der Waals surface area contributed by atoms with Crippen molar-refractivity contribution in [2.24, 2.45) is 0 Å². The van der Waals surface area contributed by atoms with Crippen LogP contribution in [0.5, 0.6) is 0 Å². The minimum atomic E-state index is -0.106. The third kappa shape index (κ3) is 2.91. The fourth-order valence-corrected chi connectivity index (χ4v) is 0. The van der Waals surface area contributed by atoms with Gasteiger partial charge in [-0.1, -0.05) is 21.8 Å². The molecule has 26 valence electrons. The van der Waals surface area contributed by atoms with Crippen molar-refractivity contribution in [1.82, 2.24) is 0 Å². The Morgan fingerprint density at radius 1 is 2.00 bits per heavy atom. The summed E-state index contributed by atoms with van der Waals surface area (Å²) in [6.07, 6.45) is 0. The molecule has 0 aromatic carbocycles. The van der Waals surface area contributed by atoms with Gasteiger partial charge in [0.1, 0.15) is 0 Å². The summed E-state index contributed by atoms with van der Waals surface area (Å²) in [6, 6.07) is 0. The molecule has 0 fully saturated rings. The molecule has 0 bridgehead atoms. The zero-order chi connectivity index (χ0) is 3.41. The van der Waals surface area contributed by atoms with E-state index in [2.05, 4.69) is 26.2 Å². The van der Waals surface area contributed by atoms with Crippen LogP contribution in [-0.2, 0) is 4.43 Å². The van der Waals surface area contributed by atoms with E-state index in [4.69, 9.17) is 0 Å². The van der Waals surface area contributed by atoms with Crippen molar-refractivity contribution in [3.8, 4) is 0 Å². The van der Waals surface area contributed by atoms with Gasteiger partial charge in [0.2, 0.25) is 7.26 Å². The van der Waals surface area contributed by atoms with E-state index in [0.29, 0.717) is 0 Å². The molecule has 4 heavy (non-hydrogen) atoms. The third-order valence-electron chi connectivity index (χ3n) is 0.109. The molecule has 1 nitrogen and oxygen atoms in total. The van der Waals surface area contributed by atoms with Gasteiger partial charge < -0.3 is 4.43 Å². The summed E-state index contributed by atoms with van der Waals surface area (Å²) in [5, 5.41) is 0. The summed E-state index contributed by atoms with van der Waals surface area (Å²) >= 11 is 2.27. The van der Waals surface area contributed by atoms with Gasteiger partial charge in [-0.3, -0.25) is 0 Å². The summed E-state index contributed by atoms with van der Waals surface area (Å²) in [6.45, 7) is 0. The SMILES string of the molecule is CO[SiH2]I. The Kier molecular flexibility index (Phi) is 4.79. The molecule has 3 heteroatoms. The monoisotopic (exact) mass is 188 g/mol. The van der Waals surface area contributed by atoms with E-state index >= 15 is 0 Å². The molecule has 0 N–H and O–H groups in total. The molecule has 0 amide bonds. The van der Waals surface area contributed by atoms with E-state index in [-0.39, 0.29) is 7.26 Å². The number of hydrogen-bond donors (Lipinski definition) is 0. The molecule has 0 spiro atoms. The van der Waals surface area contributed by atoms with Crippen LogP contribution in [0.15, 0.2) is 0 Å². The van der Waals surface area contributed by atoms with Crippen molar-refractivity contribution >= 4 is 29.1 Å². The maximum atomic E-state index is 4.67. The van der Waals surface area contributed by atoms with E-state index in [0.717, 1.165) is 0 Å². The van der Waals surface area contributed by atoms with Crippen LogP contribution in [0.2, 0.25) is 0 Å². The van der Waals surface area contributed by atoms with E-state index in [9.17, 15) is 0 Å². The van der Waals surface area contributed by atoms with E-state index < -0.39 is 0 Å². The molecule has 0 aliphatic rings. The summed E-state index contributed by atoms with van der Waals surface area (Å²) < 4.78 is 4.67. The molecule has 0 aliphatic carbocycles. The van der Waals surface area contributed by atoms with E-state index in [1.807, 2.05) is 0 Å². The van der Waals surface area contributed by atoms with Crippen molar-refractivity contribution in [2.45, 2.75) is 0 Å². The first-order valence-corrected chi connectivity index (χ1v) is 6.65. The molecule has 0 unspecified atom stereocenters. The van der Waals surface area contributed by atoms with Crippen LogP contribution < -0.4 is 0 Å². The van der Waals surface area contributed by atoms with Crippen LogP contribution in [0.3, 0.4) is 0 Å². The third-order valence-corrected chi connectivity index (χ3v) is 2.20. The summed E-state index contributed by atoms with van der Waals surface area (Å²) in [7, 11) is 1.63. The normalized spacial score (nSPS) is 10.5. The van der Waals surface area contributed by atoms with Crippen LogP contribution in [0.1, 0.15) is 0 Å². The Bertz CT molecular complexity index is 10.0. The van der Waals surface area contributed by atoms with Gasteiger partial charge in [-0.25, -0.2) is 0 Å². The largest absolute Gasteiger partial charge is 0.416 e. The van der Waals surface area contributed by atoms with Crippen molar-refractivity contribution in [1.29, 1.82) is 0 Å². The quantitative estimate of drug-likeness (QED) is 0.321. The molecular weight excluding hydrogens is 183 g/mol.